The van der Waals surface area contributed by atoms with Crippen molar-refractivity contribution in [2.75, 3.05) is 6.61 Å². The molecule has 3 N–H and O–H groups in total. The molecule has 0 saturated heterocycles. The van der Waals surface area contributed by atoms with Gasteiger partial charge in [0.1, 0.15) is 12.4 Å². The summed E-state index contributed by atoms with van der Waals surface area (Å²) in [6, 6.07) is 19.7. The minimum absolute atomic E-state index is 0.573. The highest BCUT2D eigenvalue weighted by Gasteiger charge is 2.33. The Morgan fingerprint density at radius 3 is 1.77 bits per heavy atom. The Morgan fingerprint density at radius 1 is 0.967 bits per heavy atom. The molecule has 0 amide bonds. The van der Waals surface area contributed by atoms with Gasteiger partial charge in [-0.1, -0.05) is 73.8 Å². The summed E-state index contributed by atoms with van der Waals surface area (Å²) < 4.78 is 33.9. The third kappa shape index (κ3) is 12.9. The molecule has 8 nitrogen and oxygen atoms in total. The molecule has 0 saturated carbocycles. The van der Waals surface area contributed by atoms with Crippen LogP contribution in [-0.2, 0) is 19.7 Å². The molecule has 0 aliphatic rings. The van der Waals surface area contributed by atoms with E-state index in [-0.39, 0.29) is 0 Å². The molecule has 1 atom stereocenters. The van der Waals surface area contributed by atoms with E-state index in [1.165, 1.54) is 5.56 Å². The number of aliphatic carboxylic acids is 2. The summed E-state index contributed by atoms with van der Waals surface area (Å²) in [4.78, 5) is 20.0. The maximum Gasteiger partial charge on any atom is 0.325 e. The van der Waals surface area contributed by atoms with E-state index < -0.39 is 33.7 Å². The molecule has 9 heteroatoms. The lowest BCUT2D eigenvalue weighted by Gasteiger charge is -2.04. The zero-order valence-corrected chi connectivity index (χ0v) is 16.9. The fourth-order valence-corrected chi connectivity index (χ4v) is 2.35. The highest BCUT2D eigenvalue weighted by molar-refractivity contribution is 7.87. The second-order valence-corrected chi connectivity index (χ2v) is 7.07. The summed E-state index contributed by atoms with van der Waals surface area (Å²) in [5.74, 6) is -2.61. The van der Waals surface area contributed by atoms with E-state index in [2.05, 4.69) is 13.2 Å². The van der Waals surface area contributed by atoms with E-state index in [4.69, 9.17) is 19.5 Å². The summed E-state index contributed by atoms with van der Waals surface area (Å²) in [5.41, 5.74) is 1.17. The van der Waals surface area contributed by atoms with Gasteiger partial charge in [-0.05, 0) is 17.7 Å². The van der Waals surface area contributed by atoms with Gasteiger partial charge in [-0.3, -0.25) is 14.1 Å². The summed E-state index contributed by atoms with van der Waals surface area (Å²) >= 11 is 0. The first-order valence-corrected chi connectivity index (χ1v) is 9.99. The molecule has 0 spiro atoms. The summed E-state index contributed by atoms with van der Waals surface area (Å²) in [5, 5.41) is 13.9. The molecule has 0 bridgehead atoms. The van der Waals surface area contributed by atoms with Crippen LogP contribution in [0.25, 0.3) is 6.08 Å². The van der Waals surface area contributed by atoms with Crippen molar-refractivity contribution in [3.63, 3.8) is 0 Å². The first-order chi connectivity index (χ1) is 14.1. The van der Waals surface area contributed by atoms with Gasteiger partial charge in [0.2, 0.25) is 0 Å². The van der Waals surface area contributed by atoms with Crippen LogP contribution in [0, 0.1) is 0 Å². The number of hydrogen-bond donors (Lipinski definition) is 3. The zero-order valence-electron chi connectivity index (χ0n) is 16.1. The molecule has 0 heterocycles. The van der Waals surface area contributed by atoms with Crippen molar-refractivity contribution < 1.29 is 37.5 Å². The Morgan fingerprint density at radius 2 is 1.47 bits per heavy atom. The summed E-state index contributed by atoms with van der Waals surface area (Å²) in [7, 11) is -4.84. The fraction of sp³-hybridized carbons (Fsp3) is 0.143. The average Bonchev–Trinajstić information content (AvgIpc) is 2.71. The topological polar surface area (TPSA) is 138 Å². The van der Waals surface area contributed by atoms with Gasteiger partial charge in [-0.25, -0.2) is 0 Å². The second-order valence-electron chi connectivity index (χ2n) is 5.47. The van der Waals surface area contributed by atoms with Crippen molar-refractivity contribution in [2.24, 2.45) is 0 Å². The Labute approximate surface area is 175 Å². The monoisotopic (exact) mass is 436 g/mol. The lowest BCUT2D eigenvalue weighted by atomic mass is 10.2. The number of carboxylic acids is 2. The Hall–Kier alpha value is -3.43. The SMILES string of the molecule is C=CCOc1ccccc1.C=Cc1ccccc1.O=C(O)CC(C(=O)O)S(=O)(=O)O. The minimum Gasteiger partial charge on any atom is -0.490 e. The van der Waals surface area contributed by atoms with Gasteiger partial charge < -0.3 is 14.9 Å². The molecule has 162 valence electrons. The average molecular weight is 436 g/mol. The van der Waals surface area contributed by atoms with Gasteiger partial charge in [0.05, 0.1) is 6.42 Å². The lowest BCUT2D eigenvalue weighted by Crippen LogP contribution is -2.31. The minimum atomic E-state index is -4.84. The predicted molar refractivity (Wildman–Crippen MR) is 114 cm³/mol. The first-order valence-electron chi connectivity index (χ1n) is 8.49. The van der Waals surface area contributed by atoms with Crippen LogP contribution in [0.3, 0.4) is 0 Å². The number of carbonyl (C=O) groups is 2. The zero-order chi connectivity index (χ0) is 23.0. The van der Waals surface area contributed by atoms with Gasteiger partial charge in [0.25, 0.3) is 10.1 Å². The third-order valence-electron chi connectivity index (χ3n) is 3.14. The maximum atomic E-state index is 10.2. The van der Waals surface area contributed by atoms with Crippen LogP contribution in [0.5, 0.6) is 5.75 Å². The Balaban J connectivity index is 0.000000428. The molecule has 0 aliphatic heterocycles. The van der Waals surface area contributed by atoms with Crippen LogP contribution in [0.15, 0.2) is 79.9 Å². The molecule has 1 unspecified atom stereocenters. The van der Waals surface area contributed by atoms with Gasteiger partial charge in [0.15, 0.2) is 5.25 Å². The van der Waals surface area contributed by atoms with Crippen LogP contribution in [0.4, 0.5) is 0 Å². The molecule has 30 heavy (non-hydrogen) atoms. The van der Waals surface area contributed by atoms with E-state index in [0.29, 0.717) is 6.61 Å². The van der Waals surface area contributed by atoms with Crippen LogP contribution in [0.1, 0.15) is 12.0 Å². The van der Waals surface area contributed by atoms with Crippen molar-refractivity contribution in [3.8, 4) is 5.75 Å². The van der Waals surface area contributed by atoms with Crippen molar-refractivity contribution in [1.29, 1.82) is 0 Å². The molecular weight excluding hydrogens is 412 g/mol. The number of carboxylic acid groups (broad SMARTS) is 2. The first kappa shape index (κ1) is 26.6. The molecule has 0 aromatic heterocycles. The predicted octanol–water partition coefficient (Wildman–Crippen LogP) is 3.38. The van der Waals surface area contributed by atoms with Gasteiger partial charge in [-0.2, -0.15) is 8.42 Å². The van der Waals surface area contributed by atoms with E-state index in [0.717, 1.165) is 5.75 Å². The van der Waals surface area contributed by atoms with Crippen LogP contribution < -0.4 is 4.74 Å². The normalized spacial score (nSPS) is 10.7. The van der Waals surface area contributed by atoms with E-state index in [9.17, 15) is 18.0 Å². The fourth-order valence-electron chi connectivity index (χ4n) is 1.74. The van der Waals surface area contributed by atoms with Gasteiger partial charge >= 0.3 is 11.9 Å². The van der Waals surface area contributed by atoms with Crippen molar-refractivity contribution in [1.82, 2.24) is 0 Å². The van der Waals surface area contributed by atoms with Crippen LogP contribution >= 0.6 is 0 Å². The second kappa shape index (κ2) is 14.6. The van der Waals surface area contributed by atoms with Crippen molar-refractivity contribution >= 4 is 28.1 Å². The van der Waals surface area contributed by atoms with E-state index in [1.54, 1.807) is 6.08 Å². The molecule has 0 fully saturated rings. The number of rotatable bonds is 8. The molecule has 2 aromatic rings. The quantitative estimate of drug-likeness (QED) is 0.423. The van der Waals surface area contributed by atoms with Gasteiger partial charge in [0, 0.05) is 0 Å². The molecule has 0 radical (unpaired) electrons. The van der Waals surface area contributed by atoms with Crippen molar-refractivity contribution in [3.05, 3.63) is 85.5 Å². The molecular formula is C21H24O8S. The van der Waals surface area contributed by atoms with Crippen LogP contribution in [0.2, 0.25) is 0 Å². The smallest absolute Gasteiger partial charge is 0.325 e. The largest absolute Gasteiger partial charge is 0.490 e. The highest BCUT2D eigenvalue weighted by Crippen LogP contribution is 2.07. The number of benzene rings is 2. The molecule has 2 rings (SSSR count). The number of hydrogen-bond acceptors (Lipinski definition) is 5. The maximum absolute atomic E-state index is 10.2. The Kier molecular flexibility index (Phi) is 12.9. The molecule has 0 aliphatic carbocycles. The summed E-state index contributed by atoms with van der Waals surface area (Å²) in [6.45, 7) is 7.76. The summed E-state index contributed by atoms with van der Waals surface area (Å²) in [6.07, 6.45) is 2.40. The molecule has 2 aromatic carbocycles. The third-order valence-corrected chi connectivity index (χ3v) is 4.23. The van der Waals surface area contributed by atoms with E-state index >= 15 is 0 Å². The standard InChI is InChI=1S/C9H10O.C8H8.C4H6O7S/c1-2-8-10-9-6-4-3-5-7-9;1-2-8-6-4-3-5-7-8;5-3(6)1-2(4(7)8)12(9,10)11/h2-7H,1,8H2;2-7H,1H2;2H,1H2,(H,5,6)(H,7,8)(H,9,10,11). The van der Waals surface area contributed by atoms with Crippen LogP contribution in [-0.4, -0.2) is 47.0 Å². The highest BCUT2D eigenvalue weighted by atomic mass is 32.2. The number of para-hydroxylation sites is 1. The lowest BCUT2D eigenvalue weighted by molar-refractivity contribution is -0.143. The number of ether oxygens (including phenoxy) is 1. The Bertz CT molecular complexity index is 893. The van der Waals surface area contributed by atoms with E-state index in [1.807, 2.05) is 66.7 Å². The van der Waals surface area contributed by atoms with Gasteiger partial charge in [-0.15, -0.1) is 0 Å². The van der Waals surface area contributed by atoms with Crippen molar-refractivity contribution in [2.45, 2.75) is 11.7 Å².